The second-order valence-corrected chi connectivity index (χ2v) is 7.99. The lowest BCUT2D eigenvalue weighted by atomic mass is 10.4. The quantitative estimate of drug-likeness (QED) is 0.850. The van der Waals surface area contributed by atoms with Crippen LogP contribution in [0.3, 0.4) is 0 Å². The molecular weight excluding hydrogens is 324 g/mol. The number of alkyl halides is 2. The zero-order valence-electron chi connectivity index (χ0n) is 11.8. The third-order valence-corrected chi connectivity index (χ3v) is 5.91. The van der Waals surface area contributed by atoms with Crippen LogP contribution in [0.25, 0.3) is 0 Å². The number of halogens is 2. The molecule has 1 aromatic heterocycles. The molecule has 120 valence electrons. The van der Waals surface area contributed by atoms with Crippen molar-refractivity contribution < 1.29 is 22.0 Å². The van der Waals surface area contributed by atoms with Crippen LogP contribution < -0.4 is 5.32 Å². The molecule has 0 saturated heterocycles. The van der Waals surface area contributed by atoms with Crippen molar-refractivity contribution >= 4 is 27.4 Å². The van der Waals surface area contributed by atoms with E-state index < -0.39 is 29.0 Å². The van der Waals surface area contributed by atoms with Crippen LogP contribution in [0, 0.1) is 0 Å². The minimum absolute atomic E-state index is 0.0834. The van der Waals surface area contributed by atoms with Crippen molar-refractivity contribution in [3.05, 3.63) is 17.0 Å². The van der Waals surface area contributed by atoms with E-state index in [-0.39, 0.29) is 10.8 Å². The van der Waals surface area contributed by atoms with Gasteiger partial charge >= 0.3 is 6.03 Å². The number of sulfonamides is 1. The Morgan fingerprint density at radius 2 is 1.95 bits per heavy atom. The van der Waals surface area contributed by atoms with E-state index in [1.54, 1.807) is 6.07 Å². The van der Waals surface area contributed by atoms with Gasteiger partial charge < -0.3 is 10.2 Å². The van der Waals surface area contributed by atoms with Gasteiger partial charge in [-0.25, -0.2) is 26.3 Å². The van der Waals surface area contributed by atoms with Gasteiger partial charge in [0.1, 0.15) is 4.21 Å². The Balaban J connectivity index is 2.62. The van der Waals surface area contributed by atoms with Crippen LogP contribution in [0.15, 0.2) is 16.3 Å². The Bertz CT molecular complexity index is 587. The summed E-state index contributed by atoms with van der Waals surface area (Å²) in [4.78, 5) is 13.0. The Morgan fingerprint density at radius 3 is 2.48 bits per heavy atom. The fraction of sp³-hybridized carbons (Fsp3) is 0.545. The van der Waals surface area contributed by atoms with Crippen molar-refractivity contribution in [2.24, 2.45) is 0 Å². The number of hydrogen-bond acceptors (Lipinski definition) is 4. The van der Waals surface area contributed by atoms with Gasteiger partial charge in [0.2, 0.25) is 0 Å². The first-order valence-corrected chi connectivity index (χ1v) is 8.18. The fourth-order valence-corrected chi connectivity index (χ4v) is 3.82. The van der Waals surface area contributed by atoms with E-state index in [0.717, 1.165) is 20.5 Å². The van der Waals surface area contributed by atoms with E-state index in [1.165, 1.54) is 27.2 Å². The predicted molar refractivity (Wildman–Crippen MR) is 76.1 cm³/mol. The molecule has 0 aliphatic carbocycles. The van der Waals surface area contributed by atoms with Crippen LogP contribution in [-0.2, 0) is 16.6 Å². The molecular formula is C11H17F2N3O3S2. The summed E-state index contributed by atoms with van der Waals surface area (Å²) in [5, 5.41) is 2.45. The first-order valence-electron chi connectivity index (χ1n) is 5.93. The number of nitrogens with one attached hydrogen (secondary N) is 1. The number of carbonyl (C=O) groups is 1. The van der Waals surface area contributed by atoms with E-state index in [2.05, 4.69) is 5.32 Å². The van der Waals surface area contributed by atoms with Gasteiger partial charge in [-0.1, -0.05) is 0 Å². The van der Waals surface area contributed by atoms with Gasteiger partial charge in [-0.3, -0.25) is 0 Å². The number of carbonyl (C=O) groups excluding carboxylic acids is 1. The molecule has 0 aromatic carbocycles. The molecule has 1 heterocycles. The van der Waals surface area contributed by atoms with Crippen LogP contribution in [0.4, 0.5) is 13.6 Å². The van der Waals surface area contributed by atoms with Crippen LogP contribution in [0.1, 0.15) is 4.88 Å². The maximum absolute atomic E-state index is 12.1. The summed E-state index contributed by atoms with van der Waals surface area (Å²) in [6.45, 7) is -0.573. The summed E-state index contributed by atoms with van der Waals surface area (Å²) in [5.74, 6) is 0. The van der Waals surface area contributed by atoms with Gasteiger partial charge in [0.05, 0.1) is 13.1 Å². The second kappa shape index (κ2) is 7.14. The molecule has 6 nitrogen and oxygen atoms in total. The maximum Gasteiger partial charge on any atom is 0.317 e. The van der Waals surface area contributed by atoms with Crippen molar-refractivity contribution in [1.82, 2.24) is 14.5 Å². The van der Waals surface area contributed by atoms with Crippen LogP contribution in [0.5, 0.6) is 0 Å². The highest BCUT2D eigenvalue weighted by Crippen LogP contribution is 2.23. The highest BCUT2D eigenvalue weighted by atomic mass is 32.2. The topological polar surface area (TPSA) is 69.7 Å². The van der Waals surface area contributed by atoms with Crippen LogP contribution >= 0.6 is 11.3 Å². The average Bonchev–Trinajstić information content (AvgIpc) is 2.84. The Morgan fingerprint density at radius 1 is 1.33 bits per heavy atom. The summed E-state index contributed by atoms with van der Waals surface area (Å²) in [7, 11) is 0.617. The SMILES string of the molecule is CN(CC(F)F)C(=O)NCc1ccc(S(=O)(=O)N(C)C)s1. The smallest absolute Gasteiger partial charge is 0.317 e. The molecule has 0 spiro atoms. The summed E-state index contributed by atoms with van der Waals surface area (Å²) in [6, 6.07) is 2.39. The van der Waals surface area contributed by atoms with Crippen molar-refractivity contribution in [1.29, 1.82) is 0 Å². The maximum atomic E-state index is 12.1. The van der Waals surface area contributed by atoms with E-state index in [9.17, 15) is 22.0 Å². The molecule has 0 saturated carbocycles. The molecule has 10 heteroatoms. The van der Waals surface area contributed by atoms with Crippen molar-refractivity contribution in [2.75, 3.05) is 27.7 Å². The monoisotopic (exact) mass is 341 g/mol. The molecule has 1 rings (SSSR count). The van der Waals surface area contributed by atoms with E-state index in [4.69, 9.17) is 0 Å². The van der Waals surface area contributed by atoms with Crippen LogP contribution in [0.2, 0.25) is 0 Å². The highest BCUT2D eigenvalue weighted by Gasteiger charge is 2.20. The number of amides is 2. The summed E-state index contributed by atoms with van der Waals surface area (Å²) in [6.07, 6.45) is -2.60. The number of urea groups is 1. The van der Waals surface area contributed by atoms with Crippen molar-refractivity contribution in [3.63, 3.8) is 0 Å². The van der Waals surface area contributed by atoms with Gasteiger partial charge in [-0.2, -0.15) is 0 Å². The Kier molecular flexibility index (Phi) is 6.05. The molecule has 0 atom stereocenters. The number of nitrogens with zero attached hydrogens (tertiary/aromatic N) is 2. The molecule has 2 amide bonds. The van der Waals surface area contributed by atoms with Gasteiger partial charge in [-0.15, -0.1) is 11.3 Å². The number of hydrogen-bond donors (Lipinski definition) is 1. The molecule has 21 heavy (non-hydrogen) atoms. The lowest BCUT2D eigenvalue weighted by molar-refractivity contribution is 0.108. The van der Waals surface area contributed by atoms with Gasteiger partial charge in [0.15, 0.2) is 0 Å². The largest absolute Gasteiger partial charge is 0.333 e. The molecule has 0 aliphatic rings. The van der Waals surface area contributed by atoms with Gasteiger partial charge in [0, 0.05) is 26.0 Å². The first kappa shape index (κ1) is 17.8. The minimum atomic E-state index is -3.50. The Hall–Kier alpha value is -1.26. The lowest BCUT2D eigenvalue weighted by Gasteiger charge is -2.16. The van der Waals surface area contributed by atoms with Crippen LogP contribution in [-0.4, -0.2) is 57.8 Å². The third-order valence-electron chi connectivity index (χ3n) is 2.54. The first-order chi connectivity index (χ1) is 9.64. The van der Waals surface area contributed by atoms with E-state index in [1.807, 2.05) is 0 Å². The van der Waals surface area contributed by atoms with Crippen molar-refractivity contribution in [2.45, 2.75) is 17.2 Å². The molecule has 0 unspecified atom stereocenters. The Labute approximate surface area is 126 Å². The highest BCUT2D eigenvalue weighted by molar-refractivity contribution is 7.91. The second-order valence-electron chi connectivity index (χ2n) is 4.44. The minimum Gasteiger partial charge on any atom is -0.333 e. The van der Waals surface area contributed by atoms with Gasteiger partial charge in [-0.05, 0) is 12.1 Å². The normalized spacial score (nSPS) is 12.0. The summed E-state index contributed by atoms with van der Waals surface area (Å²) < 4.78 is 49.3. The zero-order chi connectivity index (χ0) is 16.2. The molecule has 1 N–H and O–H groups in total. The zero-order valence-corrected chi connectivity index (χ0v) is 13.5. The average molecular weight is 341 g/mol. The fourth-order valence-electron chi connectivity index (χ4n) is 1.36. The molecule has 0 fully saturated rings. The molecule has 0 bridgehead atoms. The molecule has 0 radical (unpaired) electrons. The number of thiophene rings is 1. The lowest BCUT2D eigenvalue weighted by Crippen LogP contribution is -2.39. The predicted octanol–water partition coefficient (Wildman–Crippen LogP) is 1.40. The van der Waals surface area contributed by atoms with Gasteiger partial charge in [0.25, 0.3) is 16.4 Å². The standard InChI is InChI=1S/C11H17F2N3O3S2/c1-15(2)21(18,19)10-5-4-8(20-10)6-14-11(17)16(3)7-9(12)13/h4-5,9H,6-7H2,1-3H3,(H,14,17). The third kappa shape index (κ3) is 4.90. The number of rotatable bonds is 6. The van der Waals surface area contributed by atoms with E-state index in [0.29, 0.717) is 4.88 Å². The molecule has 0 aliphatic heterocycles. The molecule has 1 aromatic rings. The van der Waals surface area contributed by atoms with E-state index >= 15 is 0 Å². The van der Waals surface area contributed by atoms with Crippen molar-refractivity contribution in [3.8, 4) is 0 Å². The summed E-state index contributed by atoms with van der Waals surface area (Å²) >= 11 is 1.02. The summed E-state index contributed by atoms with van der Waals surface area (Å²) in [5.41, 5.74) is 0.